The molecule has 0 N–H and O–H groups in total. The van der Waals surface area contributed by atoms with Gasteiger partial charge in [0.05, 0.1) is 32.5 Å². The molecule has 0 radical (unpaired) electrons. The number of nitrogens with zero attached hydrogens (tertiary/aromatic N) is 5. The van der Waals surface area contributed by atoms with E-state index in [2.05, 4.69) is 9.97 Å². The fourth-order valence-electron chi connectivity index (χ4n) is 3.83. The summed E-state index contributed by atoms with van der Waals surface area (Å²) in [4.78, 5) is 40.2. The predicted octanol–water partition coefficient (Wildman–Crippen LogP) is 3.78. The third-order valence-electron chi connectivity index (χ3n) is 5.52. The van der Waals surface area contributed by atoms with Crippen LogP contribution in [0.4, 0.5) is 21.1 Å². The number of amides is 3. The first-order valence-corrected chi connectivity index (χ1v) is 12.1. The minimum atomic E-state index is -0.585. The Morgan fingerprint density at radius 3 is 2.32 bits per heavy atom. The molecule has 3 amide bonds. The molecule has 0 bridgehead atoms. The van der Waals surface area contributed by atoms with Crippen molar-refractivity contribution in [3.63, 3.8) is 0 Å². The van der Waals surface area contributed by atoms with Crippen molar-refractivity contribution in [3.05, 3.63) is 30.0 Å². The molecule has 0 aliphatic carbocycles. The molecule has 0 saturated carbocycles. The Morgan fingerprint density at radius 1 is 1.12 bits per heavy atom. The number of anilines is 2. The molecule has 182 valence electrons. The summed E-state index contributed by atoms with van der Waals surface area (Å²) < 4.78 is 16.3. The summed E-state index contributed by atoms with van der Waals surface area (Å²) in [6, 6.07) is 4.85. The summed E-state index contributed by atoms with van der Waals surface area (Å²) in [7, 11) is 3.13. The number of urea groups is 1. The Labute approximate surface area is 203 Å². The molecule has 10 nitrogen and oxygen atoms in total. The van der Waals surface area contributed by atoms with Gasteiger partial charge in [-0.2, -0.15) is 0 Å². The van der Waals surface area contributed by atoms with Crippen molar-refractivity contribution in [2.24, 2.45) is 0 Å². The molecule has 0 spiro atoms. The summed E-state index contributed by atoms with van der Waals surface area (Å²) in [6.07, 6.45) is 3.25. The zero-order valence-electron chi connectivity index (χ0n) is 20.2. The van der Waals surface area contributed by atoms with Crippen LogP contribution in [0, 0.1) is 0 Å². The van der Waals surface area contributed by atoms with E-state index in [1.807, 2.05) is 27.0 Å². The van der Waals surface area contributed by atoms with Crippen molar-refractivity contribution in [2.75, 3.05) is 43.4 Å². The van der Waals surface area contributed by atoms with E-state index in [0.29, 0.717) is 47.8 Å². The van der Waals surface area contributed by atoms with E-state index in [9.17, 15) is 9.59 Å². The first-order valence-electron chi connectivity index (χ1n) is 10.8. The molecule has 4 rings (SSSR count). The van der Waals surface area contributed by atoms with Gasteiger partial charge in [-0.3, -0.25) is 9.80 Å². The molecule has 2 aromatic rings. The monoisotopic (exact) mass is 487 g/mol. The minimum Gasteiger partial charge on any atom is -0.497 e. The van der Waals surface area contributed by atoms with Crippen LogP contribution in [0.25, 0.3) is 0 Å². The van der Waals surface area contributed by atoms with Crippen molar-refractivity contribution >= 4 is 35.4 Å². The topological polar surface area (TPSA) is 97.3 Å². The summed E-state index contributed by atoms with van der Waals surface area (Å²) in [5, 5.41) is 0.580. The third kappa shape index (κ3) is 4.70. The van der Waals surface area contributed by atoms with Crippen LogP contribution in [-0.2, 0) is 11.3 Å². The molecule has 0 unspecified atom stereocenters. The maximum atomic E-state index is 13.8. The molecule has 3 heterocycles. The van der Waals surface area contributed by atoms with Crippen LogP contribution in [0.5, 0.6) is 11.5 Å². The highest BCUT2D eigenvalue weighted by molar-refractivity contribution is 7.98. The number of fused-ring (bicyclic) bond motifs is 1. The van der Waals surface area contributed by atoms with Crippen LogP contribution in [0.1, 0.15) is 26.3 Å². The van der Waals surface area contributed by atoms with Crippen LogP contribution in [0.3, 0.4) is 0 Å². The van der Waals surface area contributed by atoms with Gasteiger partial charge in [0, 0.05) is 43.0 Å². The third-order valence-corrected chi connectivity index (χ3v) is 6.08. The van der Waals surface area contributed by atoms with E-state index < -0.39 is 11.7 Å². The molecule has 2 aliphatic rings. The van der Waals surface area contributed by atoms with E-state index in [1.54, 1.807) is 53.3 Å². The normalized spacial score (nSPS) is 16.2. The van der Waals surface area contributed by atoms with E-state index in [-0.39, 0.29) is 12.1 Å². The van der Waals surface area contributed by atoms with E-state index >= 15 is 0 Å². The Hall–Kier alpha value is -3.21. The van der Waals surface area contributed by atoms with Crippen LogP contribution in [0.15, 0.2) is 29.6 Å². The summed E-state index contributed by atoms with van der Waals surface area (Å²) in [5.41, 5.74) is 0.863. The molecule has 1 fully saturated rings. The lowest BCUT2D eigenvalue weighted by Gasteiger charge is -2.47. The fraction of sp³-hybridized carbons (Fsp3) is 0.478. The van der Waals surface area contributed by atoms with Crippen molar-refractivity contribution in [3.8, 4) is 11.5 Å². The number of hydrogen-bond acceptors (Lipinski definition) is 8. The second-order valence-corrected chi connectivity index (χ2v) is 9.83. The molecule has 1 aromatic carbocycles. The highest BCUT2D eigenvalue weighted by Crippen LogP contribution is 2.37. The largest absolute Gasteiger partial charge is 0.497 e. The molecule has 2 aliphatic heterocycles. The first kappa shape index (κ1) is 23.9. The smallest absolute Gasteiger partial charge is 0.410 e. The molecular formula is C23H29N5O5S. The number of methoxy groups -OCH3 is 2. The maximum Gasteiger partial charge on any atom is 0.410 e. The molecular weight excluding hydrogens is 458 g/mol. The second-order valence-electron chi connectivity index (χ2n) is 9.05. The Bertz CT molecular complexity index is 1080. The van der Waals surface area contributed by atoms with Crippen molar-refractivity contribution in [2.45, 2.75) is 44.1 Å². The van der Waals surface area contributed by atoms with Crippen LogP contribution < -0.4 is 19.3 Å². The average Bonchev–Trinajstić information content (AvgIpc) is 2.77. The van der Waals surface area contributed by atoms with Gasteiger partial charge >= 0.3 is 12.1 Å². The number of rotatable bonds is 5. The number of thioether (sulfide) groups is 1. The van der Waals surface area contributed by atoms with Crippen molar-refractivity contribution in [1.82, 2.24) is 14.9 Å². The fourth-order valence-corrected chi connectivity index (χ4v) is 4.17. The lowest BCUT2D eigenvalue weighted by molar-refractivity contribution is 0.00856. The van der Waals surface area contributed by atoms with E-state index in [0.717, 1.165) is 5.56 Å². The van der Waals surface area contributed by atoms with Crippen LogP contribution >= 0.6 is 11.8 Å². The number of likely N-dealkylation sites (tertiary alicyclic amines) is 1. The molecule has 1 aromatic heterocycles. The van der Waals surface area contributed by atoms with Gasteiger partial charge in [-0.15, -0.1) is 0 Å². The number of ether oxygens (including phenoxy) is 3. The number of benzene rings is 1. The maximum absolute atomic E-state index is 13.8. The quantitative estimate of drug-likeness (QED) is 0.464. The molecule has 1 saturated heterocycles. The minimum absolute atomic E-state index is 0.234. The highest BCUT2D eigenvalue weighted by Gasteiger charge is 2.44. The highest BCUT2D eigenvalue weighted by atomic mass is 32.2. The van der Waals surface area contributed by atoms with Crippen LogP contribution in [-0.4, -0.2) is 72.2 Å². The number of aromatic nitrogens is 2. The van der Waals surface area contributed by atoms with Crippen LogP contribution in [0.2, 0.25) is 0 Å². The van der Waals surface area contributed by atoms with Gasteiger partial charge in [0.2, 0.25) is 0 Å². The zero-order chi connectivity index (χ0) is 24.6. The molecule has 11 heteroatoms. The Balaban J connectivity index is 1.66. The number of hydrogen-bond donors (Lipinski definition) is 0. The Kier molecular flexibility index (Phi) is 6.48. The lowest BCUT2D eigenvalue weighted by atomic mass is 10.1. The summed E-state index contributed by atoms with van der Waals surface area (Å²) in [6.45, 7) is 6.50. The lowest BCUT2D eigenvalue weighted by Crippen LogP contribution is -2.66. The van der Waals surface area contributed by atoms with Gasteiger partial charge in [-0.25, -0.2) is 19.6 Å². The SMILES string of the molecule is COc1cc(OC)cc(N2Cc3cnc(SC)nc3N(C3CN(C(=O)OC(C)(C)C)C3)C2=O)c1. The predicted molar refractivity (Wildman–Crippen MR) is 129 cm³/mol. The van der Waals surface area contributed by atoms with Gasteiger partial charge in [-0.05, 0) is 27.0 Å². The first-order chi connectivity index (χ1) is 16.1. The standard InChI is InChI=1S/C23H29N5O5S/c1-23(2,3)33-22(30)26-12-16(13-26)28-19-14(10-24-20(25-19)34-6)11-27(21(28)29)15-7-17(31-4)9-18(8-15)32-5/h7-10,16H,11-13H2,1-6H3. The second kappa shape index (κ2) is 9.21. The Morgan fingerprint density at radius 2 is 1.76 bits per heavy atom. The van der Waals surface area contributed by atoms with Crippen molar-refractivity contribution < 1.29 is 23.8 Å². The van der Waals surface area contributed by atoms with Gasteiger partial charge in [-0.1, -0.05) is 11.8 Å². The van der Waals surface area contributed by atoms with Crippen molar-refractivity contribution in [1.29, 1.82) is 0 Å². The summed E-state index contributed by atoms with van der Waals surface area (Å²) >= 11 is 1.41. The van der Waals surface area contributed by atoms with E-state index in [4.69, 9.17) is 14.2 Å². The van der Waals surface area contributed by atoms with E-state index in [1.165, 1.54) is 11.8 Å². The van der Waals surface area contributed by atoms with Gasteiger partial charge in [0.1, 0.15) is 22.9 Å². The number of carbonyl (C=O) groups excluding carboxylic acids is 2. The summed E-state index contributed by atoms with van der Waals surface area (Å²) in [5.74, 6) is 1.73. The molecule has 0 atom stereocenters. The van der Waals surface area contributed by atoms with Gasteiger partial charge < -0.3 is 19.1 Å². The number of carbonyl (C=O) groups is 2. The zero-order valence-corrected chi connectivity index (χ0v) is 21.0. The van der Waals surface area contributed by atoms with Gasteiger partial charge in [0.25, 0.3) is 0 Å². The molecule has 34 heavy (non-hydrogen) atoms. The van der Waals surface area contributed by atoms with Gasteiger partial charge in [0.15, 0.2) is 5.16 Å². The average molecular weight is 488 g/mol.